The van der Waals surface area contributed by atoms with E-state index in [0.29, 0.717) is 5.92 Å². The smallest absolute Gasteiger partial charge is 0.118 e. The molecule has 3 heteroatoms. The van der Waals surface area contributed by atoms with E-state index in [1.807, 2.05) is 6.26 Å². The van der Waals surface area contributed by atoms with Gasteiger partial charge in [0.25, 0.3) is 0 Å². The average molecular weight is 278 g/mol. The minimum atomic E-state index is 0.695. The maximum absolute atomic E-state index is 5.73. The molecule has 0 radical (unpaired) electrons. The summed E-state index contributed by atoms with van der Waals surface area (Å²) in [4.78, 5) is 2.59. The van der Waals surface area contributed by atoms with E-state index in [9.17, 15) is 0 Å². The van der Waals surface area contributed by atoms with Gasteiger partial charge >= 0.3 is 0 Å². The molecule has 0 unspecified atom stereocenters. The molecule has 2 rings (SSSR count). The third-order valence-corrected chi connectivity index (χ3v) is 3.81. The molecular formula is C17H30N2O. The third kappa shape index (κ3) is 5.29. The first-order chi connectivity index (χ1) is 9.69. The first-order valence-electron chi connectivity index (χ1n) is 8.20. The third-order valence-electron chi connectivity index (χ3n) is 3.81. The van der Waals surface area contributed by atoms with E-state index in [-0.39, 0.29) is 0 Å². The number of hydrogen-bond acceptors (Lipinski definition) is 3. The van der Waals surface area contributed by atoms with Gasteiger partial charge in [-0.05, 0) is 44.3 Å². The predicted octanol–water partition coefficient (Wildman–Crippen LogP) is 3.79. The van der Waals surface area contributed by atoms with Crippen molar-refractivity contribution >= 4 is 0 Å². The Morgan fingerprint density at radius 2 is 2.20 bits per heavy atom. The number of rotatable bonds is 10. The molecule has 0 bridgehead atoms. The number of hydrogen-bond donors (Lipinski definition) is 1. The summed E-state index contributed by atoms with van der Waals surface area (Å²) in [7, 11) is 0. The molecule has 114 valence electrons. The number of nitrogens with zero attached hydrogens (tertiary/aromatic N) is 1. The van der Waals surface area contributed by atoms with Gasteiger partial charge in [-0.25, -0.2) is 0 Å². The molecule has 1 fully saturated rings. The van der Waals surface area contributed by atoms with E-state index in [4.69, 9.17) is 4.42 Å². The van der Waals surface area contributed by atoms with Gasteiger partial charge < -0.3 is 9.73 Å². The Bertz CT molecular complexity index is 382. The van der Waals surface area contributed by atoms with Crippen molar-refractivity contribution in [1.29, 1.82) is 0 Å². The van der Waals surface area contributed by atoms with Crippen LogP contribution in [-0.4, -0.2) is 24.0 Å². The Morgan fingerprint density at radius 1 is 1.40 bits per heavy atom. The maximum Gasteiger partial charge on any atom is 0.118 e. The summed E-state index contributed by atoms with van der Waals surface area (Å²) in [6, 6.07) is 3.03. The average Bonchev–Trinajstić information content (AvgIpc) is 3.16. The largest absolute Gasteiger partial charge is 0.468 e. The first-order valence-corrected chi connectivity index (χ1v) is 8.20. The van der Waals surface area contributed by atoms with Crippen LogP contribution < -0.4 is 5.32 Å². The highest BCUT2D eigenvalue weighted by atomic mass is 16.3. The lowest BCUT2D eigenvalue weighted by atomic mass is 10.2. The topological polar surface area (TPSA) is 28.4 Å². The van der Waals surface area contributed by atoms with E-state index in [1.54, 1.807) is 0 Å². The second-order valence-corrected chi connectivity index (χ2v) is 6.50. The Hall–Kier alpha value is -0.800. The summed E-state index contributed by atoms with van der Waals surface area (Å²) in [5.41, 5.74) is 1.27. The van der Waals surface area contributed by atoms with Gasteiger partial charge in [-0.1, -0.05) is 27.2 Å². The molecule has 20 heavy (non-hydrogen) atoms. The molecule has 0 aliphatic heterocycles. The summed E-state index contributed by atoms with van der Waals surface area (Å²) >= 11 is 0. The molecular weight excluding hydrogens is 248 g/mol. The van der Waals surface area contributed by atoms with Crippen LogP contribution in [0.1, 0.15) is 57.8 Å². The van der Waals surface area contributed by atoms with Crippen LogP contribution in [0.25, 0.3) is 0 Å². The van der Waals surface area contributed by atoms with Gasteiger partial charge in [-0.15, -0.1) is 0 Å². The van der Waals surface area contributed by atoms with Crippen molar-refractivity contribution in [1.82, 2.24) is 10.2 Å². The second kappa shape index (κ2) is 7.84. The van der Waals surface area contributed by atoms with Crippen LogP contribution in [0.3, 0.4) is 0 Å². The highest BCUT2D eigenvalue weighted by Crippen LogP contribution is 2.28. The lowest BCUT2D eigenvalue weighted by Gasteiger charge is -2.20. The Balaban J connectivity index is 1.78. The summed E-state index contributed by atoms with van der Waals surface area (Å²) in [6.45, 7) is 10.9. The molecule has 1 aliphatic rings. The minimum Gasteiger partial charge on any atom is -0.468 e. The Morgan fingerprint density at radius 3 is 2.85 bits per heavy atom. The Kier molecular flexibility index (Phi) is 6.11. The second-order valence-electron chi connectivity index (χ2n) is 6.50. The molecule has 0 amide bonds. The fourth-order valence-corrected chi connectivity index (χ4v) is 2.50. The standard InChI is InChI=1S/C17H30N2O/c1-4-5-8-19(16-6-7-16)12-17-9-15(13-20-17)11-18-10-14(2)3/h9,13-14,16,18H,4-8,10-12H2,1-3H3. The molecule has 1 aromatic rings. The monoisotopic (exact) mass is 278 g/mol. The van der Waals surface area contributed by atoms with Crippen molar-refractivity contribution in [2.75, 3.05) is 13.1 Å². The number of nitrogens with one attached hydrogen (secondary N) is 1. The maximum atomic E-state index is 5.73. The molecule has 0 spiro atoms. The zero-order chi connectivity index (χ0) is 14.4. The minimum absolute atomic E-state index is 0.695. The van der Waals surface area contributed by atoms with Gasteiger partial charge in [-0.3, -0.25) is 4.90 Å². The number of unbranched alkanes of at least 4 members (excludes halogenated alkanes) is 1. The zero-order valence-corrected chi connectivity index (χ0v) is 13.3. The first kappa shape index (κ1) is 15.6. The van der Waals surface area contributed by atoms with Crippen molar-refractivity contribution in [3.8, 4) is 0 Å². The van der Waals surface area contributed by atoms with Crippen LogP contribution in [-0.2, 0) is 13.1 Å². The van der Waals surface area contributed by atoms with Gasteiger partial charge in [-0.2, -0.15) is 0 Å². The van der Waals surface area contributed by atoms with Gasteiger partial charge in [0, 0.05) is 18.2 Å². The molecule has 0 saturated heterocycles. The molecule has 1 aliphatic carbocycles. The lowest BCUT2D eigenvalue weighted by molar-refractivity contribution is 0.230. The predicted molar refractivity (Wildman–Crippen MR) is 83.6 cm³/mol. The van der Waals surface area contributed by atoms with Crippen molar-refractivity contribution in [3.05, 3.63) is 23.7 Å². The van der Waals surface area contributed by atoms with Crippen LogP contribution in [0, 0.1) is 5.92 Å². The molecule has 3 nitrogen and oxygen atoms in total. The highest BCUT2D eigenvalue weighted by molar-refractivity contribution is 5.13. The molecule has 0 aromatic carbocycles. The SMILES string of the molecule is CCCCN(Cc1cc(CNCC(C)C)co1)C1CC1. The fraction of sp³-hybridized carbons (Fsp3) is 0.765. The van der Waals surface area contributed by atoms with Crippen LogP contribution in [0.15, 0.2) is 16.7 Å². The summed E-state index contributed by atoms with van der Waals surface area (Å²) in [5, 5.41) is 3.46. The molecule has 1 N–H and O–H groups in total. The normalized spacial score (nSPS) is 15.4. The van der Waals surface area contributed by atoms with Crippen LogP contribution in [0.2, 0.25) is 0 Å². The van der Waals surface area contributed by atoms with Gasteiger partial charge in [0.05, 0.1) is 12.8 Å². The number of furan rings is 1. The van der Waals surface area contributed by atoms with Crippen LogP contribution in [0.5, 0.6) is 0 Å². The van der Waals surface area contributed by atoms with Crippen molar-refractivity contribution in [2.24, 2.45) is 5.92 Å². The molecule has 1 heterocycles. The van der Waals surface area contributed by atoms with Crippen molar-refractivity contribution < 1.29 is 4.42 Å². The van der Waals surface area contributed by atoms with Gasteiger partial charge in [0.15, 0.2) is 0 Å². The van der Waals surface area contributed by atoms with Crippen molar-refractivity contribution in [3.63, 3.8) is 0 Å². The van der Waals surface area contributed by atoms with Crippen LogP contribution in [0.4, 0.5) is 0 Å². The van der Waals surface area contributed by atoms with E-state index in [2.05, 4.69) is 37.1 Å². The molecule has 1 aromatic heterocycles. The molecule has 1 saturated carbocycles. The summed E-state index contributed by atoms with van der Waals surface area (Å²) < 4.78 is 5.73. The quantitative estimate of drug-likeness (QED) is 0.706. The van der Waals surface area contributed by atoms with E-state index in [1.165, 1.54) is 37.8 Å². The zero-order valence-electron chi connectivity index (χ0n) is 13.3. The molecule has 0 atom stereocenters. The van der Waals surface area contributed by atoms with E-state index >= 15 is 0 Å². The van der Waals surface area contributed by atoms with Crippen molar-refractivity contribution in [2.45, 2.75) is 65.6 Å². The van der Waals surface area contributed by atoms with Crippen LogP contribution >= 0.6 is 0 Å². The van der Waals surface area contributed by atoms with Gasteiger partial charge in [0.1, 0.15) is 5.76 Å². The summed E-state index contributed by atoms with van der Waals surface area (Å²) in [5.74, 6) is 1.81. The highest BCUT2D eigenvalue weighted by Gasteiger charge is 2.28. The summed E-state index contributed by atoms with van der Waals surface area (Å²) in [6.07, 6.45) is 7.21. The van der Waals surface area contributed by atoms with Gasteiger partial charge in [0.2, 0.25) is 0 Å². The Labute approximate surface area is 123 Å². The van der Waals surface area contributed by atoms with E-state index in [0.717, 1.165) is 31.4 Å². The lowest BCUT2D eigenvalue weighted by Crippen LogP contribution is -2.26. The van der Waals surface area contributed by atoms with E-state index < -0.39 is 0 Å². The fourth-order valence-electron chi connectivity index (χ4n) is 2.50.